The molecule has 2 fully saturated rings. The molecule has 2 heterocycles. The summed E-state index contributed by atoms with van der Waals surface area (Å²) in [7, 11) is 0. The highest BCUT2D eigenvalue weighted by atomic mass is 16.2. The fourth-order valence-electron chi connectivity index (χ4n) is 3.33. The number of fused-ring (bicyclic) bond motifs is 1. The smallest absolute Gasteiger partial charge is 0.271 e. The summed E-state index contributed by atoms with van der Waals surface area (Å²) in [6.45, 7) is 0.741. The highest BCUT2D eigenvalue weighted by Crippen LogP contribution is 2.26. The zero-order valence-electron chi connectivity index (χ0n) is 13.8. The second-order valence-electron chi connectivity index (χ2n) is 6.31. The highest BCUT2D eigenvalue weighted by molar-refractivity contribution is 5.92. The number of carbonyl (C=O) groups excluding carboxylic acids is 3. The summed E-state index contributed by atoms with van der Waals surface area (Å²) in [5.74, 6) is -0.526. The predicted octanol–water partition coefficient (Wildman–Crippen LogP) is -1.07. The second-order valence-corrected chi connectivity index (χ2v) is 6.31. The third kappa shape index (κ3) is 4.50. The molecule has 3 amide bonds. The van der Waals surface area contributed by atoms with Crippen LogP contribution in [-0.2, 0) is 9.59 Å². The maximum absolute atomic E-state index is 12.1. The standard InChI is InChI=1S/C16H22N6O3/c23-14(3-4-19-16(25)13-8-17-5-6-18-13)22-10-1-2-12-11(7-10)15(24)21-9-20-12/h5-6,8,10-12,20H,1-4,7,9H2,(H,19,25)(H,21,24)(H,22,23). The number of hydrogen-bond acceptors (Lipinski definition) is 6. The molecule has 9 heteroatoms. The molecule has 4 N–H and O–H groups in total. The Bertz CT molecular complexity index is 638. The Morgan fingerprint density at radius 3 is 2.96 bits per heavy atom. The van der Waals surface area contributed by atoms with Crippen LogP contribution < -0.4 is 21.3 Å². The van der Waals surface area contributed by atoms with Crippen LogP contribution in [0.5, 0.6) is 0 Å². The van der Waals surface area contributed by atoms with Crippen molar-refractivity contribution in [1.82, 2.24) is 31.2 Å². The molecule has 1 aromatic heterocycles. The maximum Gasteiger partial charge on any atom is 0.271 e. The fourth-order valence-corrected chi connectivity index (χ4v) is 3.33. The van der Waals surface area contributed by atoms with Crippen LogP contribution in [0.1, 0.15) is 36.2 Å². The molecule has 3 unspecified atom stereocenters. The molecule has 134 valence electrons. The minimum Gasteiger partial charge on any atom is -0.353 e. The van der Waals surface area contributed by atoms with Gasteiger partial charge in [-0.15, -0.1) is 0 Å². The number of nitrogens with zero attached hydrogens (tertiary/aromatic N) is 2. The first kappa shape index (κ1) is 17.3. The number of hydrogen-bond donors (Lipinski definition) is 4. The maximum atomic E-state index is 12.1. The van der Waals surface area contributed by atoms with E-state index in [9.17, 15) is 14.4 Å². The molecule has 2 aliphatic rings. The van der Waals surface area contributed by atoms with Gasteiger partial charge >= 0.3 is 0 Å². The third-order valence-corrected chi connectivity index (χ3v) is 4.61. The van der Waals surface area contributed by atoms with Crippen LogP contribution in [0.15, 0.2) is 18.6 Å². The van der Waals surface area contributed by atoms with Gasteiger partial charge in [0.05, 0.1) is 18.8 Å². The van der Waals surface area contributed by atoms with E-state index in [0.717, 1.165) is 12.8 Å². The summed E-state index contributed by atoms with van der Waals surface area (Å²) in [6, 6.07) is 0.197. The van der Waals surface area contributed by atoms with Gasteiger partial charge in [0.15, 0.2) is 0 Å². The lowest BCUT2D eigenvalue weighted by molar-refractivity contribution is -0.130. The Labute approximate surface area is 145 Å². The van der Waals surface area contributed by atoms with Crippen LogP contribution in [0.25, 0.3) is 0 Å². The van der Waals surface area contributed by atoms with Gasteiger partial charge in [0.25, 0.3) is 5.91 Å². The average Bonchev–Trinajstić information content (AvgIpc) is 2.63. The number of rotatable bonds is 5. The van der Waals surface area contributed by atoms with Crippen molar-refractivity contribution in [3.05, 3.63) is 24.3 Å². The lowest BCUT2D eigenvalue weighted by atomic mass is 9.80. The summed E-state index contributed by atoms with van der Waals surface area (Å²) in [5.41, 5.74) is 0.219. The van der Waals surface area contributed by atoms with E-state index >= 15 is 0 Å². The molecule has 1 aliphatic heterocycles. The predicted molar refractivity (Wildman–Crippen MR) is 88.2 cm³/mol. The summed E-state index contributed by atoms with van der Waals surface area (Å²) in [5, 5.41) is 11.7. The number of aromatic nitrogens is 2. The minimum absolute atomic E-state index is 0.00454. The Morgan fingerprint density at radius 2 is 2.16 bits per heavy atom. The van der Waals surface area contributed by atoms with E-state index in [1.165, 1.54) is 18.6 Å². The number of amides is 3. The fraction of sp³-hybridized carbons (Fsp3) is 0.562. The van der Waals surface area contributed by atoms with E-state index in [1.807, 2.05) is 0 Å². The molecule has 0 radical (unpaired) electrons. The van der Waals surface area contributed by atoms with Gasteiger partial charge in [-0.25, -0.2) is 4.98 Å². The Kier molecular flexibility index (Phi) is 5.54. The zero-order chi connectivity index (χ0) is 17.6. The van der Waals surface area contributed by atoms with Crippen molar-refractivity contribution >= 4 is 17.7 Å². The van der Waals surface area contributed by atoms with E-state index in [2.05, 4.69) is 31.2 Å². The van der Waals surface area contributed by atoms with E-state index in [0.29, 0.717) is 13.1 Å². The highest BCUT2D eigenvalue weighted by Gasteiger charge is 2.37. The van der Waals surface area contributed by atoms with Gasteiger partial charge in [0.2, 0.25) is 11.8 Å². The quantitative estimate of drug-likeness (QED) is 0.538. The van der Waals surface area contributed by atoms with Crippen molar-refractivity contribution in [1.29, 1.82) is 0 Å². The van der Waals surface area contributed by atoms with Crippen LogP contribution in [0.3, 0.4) is 0 Å². The van der Waals surface area contributed by atoms with Gasteiger partial charge < -0.3 is 16.0 Å². The Hall–Kier alpha value is -2.55. The zero-order valence-corrected chi connectivity index (χ0v) is 13.8. The van der Waals surface area contributed by atoms with Gasteiger partial charge in [-0.3, -0.25) is 24.7 Å². The van der Waals surface area contributed by atoms with Crippen LogP contribution >= 0.6 is 0 Å². The molecule has 0 bridgehead atoms. The van der Waals surface area contributed by atoms with Gasteiger partial charge in [-0.05, 0) is 19.3 Å². The van der Waals surface area contributed by atoms with E-state index in [-0.39, 0.29) is 54.4 Å². The molecule has 25 heavy (non-hydrogen) atoms. The van der Waals surface area contributed by atoms with Crippen LogP contribution in [-0.4, -0.2) is 53.0 Å². The topological polar surface area (TPSA) is 125 Å². The molecule has 0 spiro atoms. The van der Waals surface area contributed by atoms with E-state index < -0.39 is 0 Å². The molecular formula is C16H22N6O3. The van der Waals surface area contributed by atoms with Crippen LogP contribution in [0, 0.1) is 5.92 Å². The van der Waals surface area contributed by atoms with Crippen molar-refractivity contribution in [2.24, 2.45) is 5.92 Å². The van der Waals surface area contributed by atoms with Crippen molar-refractivity contribution < 1.29 is 14.4 Å². The molecule has 1 saturated heterocycles. The molecule has 1 aliphatic carbocycles. The van der Waals surface area contributed by atoms with Gasteiger partial charge in [-0.1, -0.05) is 0 Å². The van der Waals surface area contributed by atoms with Crippen molar-refractivity contribution in [3.8, 4) is 0 Å². The van der Waals surface area contributed by atoms with Crippen LogP contribution in [0.4, 0.5) is 0 Å². The Balaban J connectivity index is 1.39. The molecule has 9 nitrogen and oxygen atoms in total. The largest absolute Gasteiger partial charge is 0.353 e. The lowest BCUT2D eigenvalue weighted by Crippen LogP contribution is -2.59. The third-order valence-electron chi connectivity index (χ3n) is 4.61. The van der Waals surface area contributed by atoms with Crippen molar-refractivity contribution in [2.45, 2.75) is 37.8 Å². The second kappa shape index (κ2) is 8.02. The van der Waals surface area contributed by atoms with Crippen LogP contribution in [0.2, 0.25) is 0 Å². The van der Waals surface area contributed by atoms with Crippen molar-refractivity contribution in [2.75, 3.05) is 13.2 Å². The molecule has 0 aromatic carbocycles. The monoisotopic (exact) mass is 346 g/mol. The summed E-state index contributed by atoms with van der Waals surface area (Å²) in [6.07, 6.45) is 6.83. The number of nitrogens with one attached hydrogen (secondary N) is 4. The summed E-state index contributed by atoms with van der Waals surface area (Å²) in [4.78, 5) is 43.5. The molecular weight excluding hydrogens is 324 g/mol. The van der Waals surface area contributed by atoms with Crippen molar-refractivity contribution in [3.63, 3.8) is 0 Å². The van der Waals surface area contributed by atoms with Gasteiger partial charge in [0, 0.05) is 37.4 Å². The minimum atomic E-state index is -0.355. The lowest BCUT2D eigenvalue weighted by Gasteiger charge is -2.39. The molecule has 1 aromatic rings. The van der Waals surface area contributed by atoms with E-state index in [4.69, 9.17) is 0 Å². The normalized spacial score (nSPS) is 25.4. The summed E-state index contributed by atoms with van der Waals surface area (Å²) >= 11 is 0. The summed E-state index contributed by atoms with van der Waals surface area (Å²) < 4.78 is 0. The average molecular weight is 346 g/mol. The number of carbonyl (C=O) groups is 3. The SMILES string of the molecule is O=C(CCNC(=O)c1cnccn1)NC1CCC2NCNC(=O)C2C1. The van der Waals surface area contributed by atoms with Gasteiger partial charge in [-0.2, -0.15) is 0 Å². The first-order valence-corrected chi connectivity index (χ1v) is 8.48. The first-order chi connectivity index (χ1) is 12.1. The molecule has 3 atom stereocenters. The first-order valence-electron chi connectivity index (χ1n) is 8.48. The molecule has 1 saturated carbocycles. The van der Waals surface area contributed by atoms with Gasteiger partial charge in [0.1, 0.15) is 5.69 Å². The van der Waals surface area contributed by atoms with E-state index in [1.54, 1.807) is 0 Å². The Morgan fingerprint density at radius 1 is 1.28 bits per heavy atom. The molecule has 3 rings (SSSR count).